The van der Waals surface area contributed by atoms with Gasteiger partial charge < -0.3 is 0 Å². The van der Waals surface area contributed by atoms with Crippen LogP contribution in [-0.2, 0) is 16.5 Å². The third kappa shape index (κ3) is 4.65. The molecule has 0 saturated heterocycles. The van der Waals surface area contributed by atoms with E-state index in [-0.39, 0.29) is 0 Å². The molecule has 2 aliphatic rings. The zero-order valence-electron chi connectivity index (χ0n) is 25.9. The molecular weight excluding hydrogens is 659 g/mol. The first-order valence-corrected chi connectivity index (χ1v) is 32.5. The first-order chi connectivity index (χ1) is 19.4. The van der Waals surface area contributed by atoms with Gasteiger partial charge in [0.2, 0.25) is 0 Å². The van der Waals surface area contributed by atoms with Gasteiger partial charge in [0, 0.05) is 0 Å². The third-order valence-corrected chi connectivity index (χ3v) is 39.7. The van der Waals surface area contributed by atoms with E-state index < -0.39 is 16.5 Å². The summed E-state index contributed by atoms with van der Waals surface area (Å²) < 4.78 is 12.0. The fourth-order valence-electron chi connectivity index (χ4n) is 7.91. The minimum absolute atomic E-state index is 0.424. The number of rotatable bonds is 6. The van der Waals surface area contributed by atoms with Crippen LogP contribution >= 0.6 is 0 Å². The van der Waals surface area contributed by atoms with Gasteiger partial charge >= 0.3 is 247 Å². The third-order valence-electron chi connectivity index (χ3n) is 10.6. The van der Waals surface area contributed by atoms with Gasteiger partial charge in [-0.3, -0.25) is 0 Å². The first-order valence-electron chi connectivity index (χ1n) is 15.5. The van der Waals surface area contributed by atoms with Crippen molar-refractivity contribution < 1.29 is 16.5 Å². The van der Waals surface area contributed by atoms with Crippen LogP contribution in [-0.4, -0.2) is 3.76 Å². The molecule has 4 aromatic carbocycles. The number of allylic oxidation sites excluding steroid dienone is 2. The Kier molecular flexibility index (Phi) is 6.59. The van der Waals surface area contributed by atoms with Crippen molar-refractivity contribution in [2.24, 2.45) is 5.92 Å². The molecule has 0 aromatic heterocycles. The van der Waals surface area contributed by atoms with Gasteiger partial charge in [-0.05, 0) is 0 Å². The second-order valence-electron chi connectivity index (χ2n) is 15.5. The molecule has 6 rings (SSSR count). The summed E-state index contributed by atoms with van der Waals surface area (Å²) in [5, 5.41) is 0. The predicted octanol–water partition coefficient (Wildman–Crippen LogP) is 11.7. The summed E-state index contributed by atoms with van der Waals surface area (Å²) in [6.07, 6.45) is 11.2. The van der Waals surface area contributed by atoms with Crippen molar-refractivity contribution >= 4 is 15.9 Å². The second kappa shape index (κ2) is 9.56. The second-order valence-corrected chi connectivity index (χ2v) is 54.4. The molecule has 4 aromatic rings. The number of benzene rings is 4. The number of hydrogen-bond donors (Lipinski definition) is 0. The summed E-state index contributed by atoms with van der Waals surface area (Å²) in [5.74, 6) is 0.632. The molecule has 0 amide bonds. The van der Waals surface area contributed by atoms with Gasteiger partial charge in [0.1, 0.15) is 0 Å². The molecule has 0 heterocycles. The standard InChI is InChI=1S/2C16H13.C5H10.3CH3.Hf/c2*1-12-8-10-14(11-9-12)16-7-3-5-13-4-2-6-15(13)16;1-4-5(2)3;;;;/h2*2-11H,1H3;1,5H,4H2,2-3H3;3*1H3;. The Morgan fingerprint density at radius 1 is 0.610 bits per heavy atom. The minimum atomic E-state index is -4.50. The SMILES string of the molecule is Cc1ccc(-c2cccc3c2C=C[CH]3[Hf]([CH3])([CH3])([CH3])(=[CH]CC(C)C)[CH]2C=Cc3c(-c4ccc(C)cc4)cccc32)cc1. The van der Waals surface area contributed by atoms with Gasteiger partial charge in [0.15, 0.2) is 0 Å². The normalized spacial score (nSPS) is 19.1. The van der Waals surface area contributed by atoms with Crippen LogP contribution in [0.3, 0.4) is 0 Å². The van der Waals surface area contributed by atoms with Crippen molar-refractivity contribution in [3.63, 3.8) is 0 Å². The van der Waals surface area contributed by atoms with E-state index in [1.54, 1.807) is 0 Å². The quantitative estimate of drug-likeness (QED) is 0.175. The molecule has 1 heteroatoms. The Balaban J connectivity index is 1.55. The van der Waals surface area contributed by atoms with Crippen LogP contribution in [0.5, 0.6) is 0 Å². The van der Waals surface area contributed by atoms with E-state index in [2.05, 4.69) is 155 Å². The van der Waals surface area contributed by atoms with Crippen LogP contribution in [0.4, 0.5) is 0 Å². The molecule has 41 heavy (non-hydrogen) atoms. The van der Waals surface area contributed by atoms with Gasteiger partial charge in [0.25, 0.3) is 0 Å². The van der Waals surface area contributed by atoms with E-state index in [0.717, 1.165) is 6.42 Å². The predicted molar refractivity (Wildman–Crippen MR) is 180 cm³/mol. The van der Waals surface area contributed by atoms with E-state index in [9.17, 15) is 0 Å². The molecule has 0 nitrogen and oxygen atoms in total. The molecular formula is C40H45Hf. The van der Waals surface area contributed by atoms with Crippen LogP contribution in [0.15, 0.2) is 97.1 Å². The van der Waals surface area contributed by atoms with Crippen LogP contribution in [0, 0.1) is 19.8 Å². The average molecular weight is 704 g/mol. The van der Waals surface area contributed by atoms with E-state index in [0.29, 0.717) is 13.3 Å². The van der Waals surface area contributed by atoms with E-state index in [4.69, 9.17) is 0 Å². The zero-order chi connectivity index (χ0) is 29.1. The van der Waals surface area contributed by atoms with Gasteiger partial charge in [-0.25, -0.2) is 0 Å². The Labute approximate surface area is 245 Å². The summed E-state index contributed by atoms with van der Waals surface area (Å²) in [7, 11) is 0. The van der Waals surface area contributed by atoms with Crippen LogP contribution in [0.2, 0.25) is 14.0 Å². The Morgan fingerprint density at radius 2 is 1.02 bits per heavy atom. The monoisotopic (exact) mass is 705 g/mol. The van der Waals surface area contributed by atoms with E-state index >= 15 is 0 Å². The Morgan fingerprint density at radius 3 is 1.41 bits per heavy atom. The molecule has 2 aliphatic carbocycles. The van der Waals surface area contributed by atoms with Gasteiger partial charge in [-0.1, -0.05) is 0 Å². The maximum absolute atomic E-state index is 4.50. The average Bonchev–Trinajstić information content (AvgIpc) is 3.60. The summed E-state index contributed by atoms with van der Waals surface area (Å²) in [5.41, 5.74) is 13.8. The fraction of sp³-hybridized carbons (Fsp3) is 0.275. The van der Waals surface area contributed by atoms with Gasteiger partial charge in [0.05, 0.1) is 0 Å². The Hall–Kier alpha value is -2.90. The van der Waals surface area contributed by atoms with Crippen molar-refractivity contribution in [1.29, 1.82) is 0 Å². The zero-order valence-corrected chi connectivity index (χ0v) is 29.5. The van der Waals surface area contributed by atoms with Gasteiger partial charge in [-0.15, -0.1) is 0 Å². The molecule has 0 fully saturated rings. The maximum atomic E-state index is 2.89. The topological polar surface area (TPSA) is 0 Å². The summed E-state index contributed by atoms with van der Waals surface area (Å²) in [6.45, 7) is 9.08. The van der Waals surface area contributed by atoms with Crippen molar-refractivity contribution in [2.75, 3.05) is 0 Å². The number of fused-ring (bicyclic) bond motifs is 2. The summed E-state index contributed by atoms with van der Waals surface area (Å²) >= 11 is -4.50. The van der Waals surface area contributed by atoms with E-state index in [1.807, 2.05) is 0 Å². The van der Waals surface area contributed by atoms with E-state index in [1.165, 1.54) is 55.6 Å². The molecule has 2 unspecified atom stereocenters. The van der Waals surface area contributed by atoms with Crippen LogP contribution in [0.25, 0.3) is 34.4 Å². The number of hydrogen-bond acceptors (Lipinski definition) is 0. The molecule has 0 spiro atoms. The van der Waals surface area contributed by atoms with Crippen LogP contribution in [0.1, 0.15) is 61.0 Å². The molecule has 2 atom stereocenters. The number of aryl methyl sites for hydroxylation is 2. The molecule has 0 radical (unpaired) electrons. The summed E-state index contributed by atoms with van der Waals surface area (Å²) in [6, 6.07) is 32.1. The summed E-state index contributed by atoms with van der Waals surface area (Å²) in [4.78, 5) is 0. The van der Waals surface area contributed by atoms with Crippen molar-refractivity contribution in [3.05, 3.63) is 130 Å². The Bertz CT molecular complexity index is 1670. The van der Waals surface area contributed by atoms with Gasteiger partial charge in [-0.2, -0.15) is 0 Å². The molecule has 0 N–H and O–H groups in total. The molecule has 209 valence electrons. The first kappa shape index (κ1) is 28.2. The molecule has 0 aliphatic heterocycles. The molecule has 0 bridgehead atoms. The van der Waals surface area contributed by atoms with Crippen molar-refractivity contribution in [1.82, 2.24) is 0 Å². The van der Waals surface area contributed by atoms with Crippen molar-refractivity contribution in [3.8, 4) is 22.3 Å². The van der Waals surface area contributed by atoms with Crippen molar-refractivity contribution in [2.45, 2.75) is 55.5 Å². The fourth-order valence-corrected chi connectivity index (χ4v) is 33.9. The molecule has 0 saturated carbocycles. The van der Waals surface area contributed by atoms with Crippen LogP contribution < -0.4 is 0 Å².